The van der Waals surface area contributed by atoms with Gasteiger partial charge in [0.25, 0.3) is 5.22 Å². The first kappa shape index (κ1) is 15.4. The van der Waals surface area contributed by atoms with Gasteiger partial charge in [-0.1, -0.05) is 60.3 Å². The Morgan fingerprint density at radius 1 is 0.962 bits per heavy atom. The highest BCUT2D eigenvalue weighted by Crippen LogP contribution is 2.37. The van der Waals surface area contributed by atoms with Crippen LogP contribution in [0.1, 0.15) is 21.5 Å². The van der Waals surface area contributed by atoms with Crippen molar-refractivity contribution in [3.05, 3.63) is 83.4 Å². The summed E-state index contributed by atoms with van der Waals surface area (Å²) in [5.41, 5.74) is 7.39. The average molecular weight is 357 g/mol. The number of benzene rings is 3. The SMILES string of the molecule is O=C(CSc1nc2ccccc2o1)c1ccc2c(c1)Cc1ccccc1-2. The predicted octanol–water partition coefficient (Wildman–Crippen LogP) is 5.37. The number of hydrogen-bond donors (Lipinski definition) is 0. The summed E-state index contributed by atoms with van der Waals surface area (Å²) < 4.78 is 5.67. The molecule has 0 unspecified atom stereocenters. The quantitative estimate of drug-likeness (QED) is 0.320. The highest BCUT2D eigenvalue weighted by molar-refractivity contribution is 7.99. The first-order chi connectivity index (χ1) is 12.8. The van der Waals surface area contributed by atoms with Crippen LogP contribution in [0.3, 0.4) is 0 Å². The average Bonchev–Trinajstić information content (AvgIpc) is 3.26. The summed E-state index contributed by atoms with van der Waals surface area (Å²) >= 11 is 1.34. The molecule has 3 aromatic carbocycles. The Morgan fingerprint density at radius 2 is 1.77 bits per heavy atom. The Labute approximate surface area is 155 Å². The molecule has 4 heteroatoms. The largest absolute Gasteiger partial charge is 0.431 e. The Hall–Kier alpha value is -2.85. The van der Waals surface area contributed by atoms with Gasteiger partial charge in [0.1, 0.15) is 5.52 Å². The molecule has 1 aliphatic carbocycles. The molecule has 0 radical (unpaired) electrons. The molecule has 1 heterocycles. The van der Waals surface area contributed by atoms with Gasteiger partial charge in [0, 0.05) is 5.56 Å². The van der Waals surface area contributed by atoms with Gasteiger partial charge < -0.3 is 4.42 Å². The van der Waals surface area contributed by atoms with Crippen LogP contribution in [0, 0.1) is 0 Å². The van der Waals surface area contributed by atoms with Crippen molar-refractivity contribution in [2.45, 2.75) is 11.6 Å². The van der Waals surface area contributed by atoms with Crippen LogP contribution in [-0.2, 0) is 6.42 Å². The number of nitrogens with zero attached hydrogens (tertiary/aromatic N) is 1. The fourth-order valence-electron chi connectivity index (χ4n) is 3.44. The van der Waals surface area contributed by atoms with E-state index in [1.807, 2.05) is 36.4 Å². The zero-order valence-electron chi connectivity index (χ0n) is 13.9. The molecular formula is C22H15NO2S. The molecule has 1 aromatic heterocycles. The number of fused-ring (bicyclic) bond motifs is 4. The van der Waals surface area contributed by atoms with Crippen molar-refractivity contribution in [3.63, 3.8) is 0 Å². The lowest BCUT2D eigenvalue weighted by atomic mass is 10.0. The van der Waals surface area contributed by atoms with Gasteiger partial charge in [-0.3, -0.25) is 4.79 Å². The molecule has 0 aliphatic heterocycles. The van der Waals surface area contributed by atoms with Crippen LogP contribution in [0.15, 0.2) is 76.4 Å². The smallest absolute Gasteiger partial charge is 0.257 e. The fraction of sp³-hybridized carbons (Fsp3) is 0.0909. The first-order valence-corrected chi connectivity index (χ1v) is 9.49. The third-order valence-corrected chi connectivity index (χ3v) is 5.54. The van der Waals surface area contributed by atoms with E-state index in [-0.39, 0.29) is 5.78 Å². The number of ketones is 1. The molecule has 26 heavy (non-hydrogen) atoms. The van der Waals surface area contributed by atoms with E-state index < -0.39 is 0 Å². The number of thioether (sulfide) groups is 1. The second-order valence-electron chi connectivity index (χ2n) is 6.37. The van der Waals surface area contributed by atoms with E-state index >= 15 is 0 Å². The van der Waals surface area contributed by atoms with Crippen molar-refractivity contribution in [2.24, 2.45) is 0 Å². The number of carbonyl (C=O) groups excluding carboxylic acids is 1. The van der Waals surface area contributed by atoms with E-state index in [0.717, 1.165) is 23.1 Å². The molecule has 0 saturated heterocycles. The van der Waals surface area contributed by atoms with E-state index in [9.17, 15) is 4.79 Å². The molecule has 4 aromatic rings. The number of Topliss-reactive ketones (excluding diaryl/α,β-unsaturated/α-hetero) is 1. The van der Waals surface area contributed by atoms with E-state index in [1.54, 1.807) is 0 Å². The molecule has 3 nitrogen and oxygen atoms in total. The van der Waals surface area contributed by atoms with Crippen molar-refractivity contribution in [1.29, 1.82) is 0 Å². The van der Waals surface area contributed by atoms with Crippen LogP contribution in [-0.4, -0.2) is 16.5 Å². The van der Waals surface area contributed by atoms with Crippen molar-refractivity contribution < 1.29 is 9.21 Å². The summed E-state index contributed by atoms with van der Waals surface area (Å²) in [6, 6.07) is 22.1. The minimum atomic E-state index is 0.0935. The summed E-state index contributed by atoms with van der Waals surface area (Å²) in [4.78, 5) is 17.0. The lowest BCUT2D eigenvalue weighted by molar-refractivity contribution is 0.102. The van der Waals surface area contributed by atoms with Crippen molar-refractivity contribution in [3.8, 4) is 11.1 Å². The molecular weight excluding hydrogens is 342 g/mol. The van der Waals surface area contributed by atoms with Gasteiger partial charge in [-0.2, -0.15) is 0 Å². The summed E-state index contributed by atoms with van der Waals surface area (Å²) in [6.45, 7) is 0. The van der Waals surface area contributed by atoms with E-state index in [0.29, 0.717) is 11.0 Å². The molecule has 0 atom stereocenters. The molecule has 0 bridgehead atoms. The molecule has 0 amide bonds. The van der Waals surface area contributed by atoms with Gasteiger partial charge in [-0.05, 0) is 46.9 Å². The molecule has 0 spiro atoms. The number of para-hydroxylation sites is 2. The van der Waals surface area contributed by atoms with Gasteiger partial charge in [0.05, 0.1) is 5.75 Å². The maximum absolute atomic E-state index is 12.6. The molecule has 126 valence electrons. The number of oxazole rings is 1. The van der Waals surface area contributed by atoms with E-state index in [4.69, 9.17) is 4.42 Å². The fourth-order valence-corrected chi connectivity index (χ4v) is 4.17. The molecule has 0 N–H and O–H groups in total. The molecule has 5 rings (SSSR count). The predicted molar refractivity (Wildman–Crippen MR) is 104 cm³/mol. The Kier molecular flexibility index (Phi) is 3.64. The number of aromatic nitrogens is 1. The van der Waals surface area contributed by atoms with Gasteiger partial charge in [0.2, 0.25) is 0 Å². The van der Waals surface area contributed by atoms with Crippen LogP contribution < -0.4 is 0 Å². The zero-order valence-corrected chi connectivity index (χ0v) is 14.8. The normalized spacial score (nSPS) is 12.2. The standard InChI is InChI=1S/C22H15NO2S/c24-20(13-26-22-23-19-7-3-4-8-21(19)25-22)15-9-10-18-16(12-15)11-14-5-1-2-6-17(14)18/h1-10,12H,11,13H2. The second-order valence-corrected chi connectivity index (χ2v) is 7.29. The number of hydrogen-bond acceptors (Lipinski definition) is 4. The molecule has 1 aliphatic rings. The first-order valence-electron chi connectivity index (χ1n) is 8.51. The lowest BCUT2D eigenvalue weighted by Crippen LogP contribution is -2.03. The Bertz CT molecular complexity index is 1110. The Balaban J connectivity index is 1.34. The number of carbonyl (C=O) groups is 1. The number of rotatable bonds is 4. The van der Waals surface area contributed by atoms with Crippen LogP contribution >= 0.6 is 11.8 Å². The van der Waals surface area contributed by atoms with Gasteiger partial charge in [0.15, 0.2) is 11.4 Å². The van der Waals surface area contributed by atoms with Gasteiger partial charge in [-0.25, -0.2) is 4.98 Å². The third-order valence-electron chi connectivity index (χ3n) is 4.72. The van der Waals surface area contributed by atoms with Crippen molar-refractivity contribution in [2.75, 3.05) is 5.75 Å². The van der Waals surface area contributed by atoms with E-state index in [2.05, 4.69) is 35.3 Å². The highest BCUT2D eigenvalue weighted by Gasteiger charge is 2.19. The maximum Gasteiger partial charge on any atom is 0.257 e. The topological polar surface area (TPSA) is 43.1 Å². The minimum Gasteiger partial charge on any atom is -0.431 e. The van der Waals surface area contributed by atoms with Crippen molar-refractivity contribution in [1.82, 2.24) is 4.98 Å². The minimum absolute atomic E-state index is 0.0935. The summed E-state index contributed by atoms with van der Waals surface area (Å²) in [7, 11) is 0. The van der Waals surface area contributed by atoms with Gasteiger partial charge >= 0.3 is 0 Å². The zero-order chi connectivity index (χ0) is 17.5. The van der Waals surface area contributed by atoms with Crippen LogP contribution in [0.4, 0.5) is 0 Å². The lowest BCUT2D eigenvalue weighted by Gasteiger charge is -2.04. The summed E-state index contributed by atoms with van der Waals surface area (Å²) in [6.07, 6.45) is 0.894. The summed E-state index contributed by atoms with van der Waals surface area (Å²) in [5.74, 6) is 0.412. The summed E-state index contributed by atoms with van der Waals surface area (Å²) in [5, 5.41) is 0.535. The monoisotopic (exact) mass is 357 g/mol. The molecule has 0 fully saturated rings. The van der Waals surface area contributed by atoms with Crippen molar-refractivity contribution >= 4 is 28.6 Å². The van der Waals surface area contributed by atoms with Crippen LogP contribution in [0.25, 0.3) is 22.2 Å². The molecule has 0 saturated carbocycles. The highest BCUT2D eigenvalue weighted by atomic mass is 32.2. The maximum atomic E-state index is 12.6. The Morgan fingerprint density at radius 3 is 2.69 bits per heavy atom. The van der Waals surface area contributed by atoms with E-state index in [1.165, 1.54) is 34.0 Å². The third kappa shape index (κ3) is 2.63. The second kappa shape index (κ2) is 6.15. The van der Waals surface area contributed by atoms with Crippen LogP contribution in [0.5, 0.6) is 0 Å². The van der Waals surface area contributed by atoms with Gasteiger partial charge in [-0.15, -0.1) is 0 Å². The van der Waals surface area contributed by atoms with Crippen LogP contribution in [0.2, 0.25) is 0 Å².